The van der Waals surface area contributed by atoms with Gasteiger partial charge in [-0.05, 0) is 36.1 Å². The first-order valence-corrected chi connectivity index (χ1v) is 12.6. The Morgan fingerprint density at radius 3 is 2.60 bits per heavy atom. The molecule has 1 atom stereocenters. The van der Waals surface area contributed by atoms with Crippen LogP contribution in [0.15, 0.2) is 65.8 Å². The summed E-state index contributed by atoms with van der Waals surface area (Å²) in [7, 11) is 1.64. The van der Waals surface area contributed by atoms with Crippen molar-refractivity contribution >= 4 is 34.1 Å². The molecule has 7 nitrogen and oxygen atoms in total. The SMILES string of the molecule is CCCCSc1nc([O-])c2[n+](n1)C(c1ccc(OC)c3ccccc13)N(C(C)=O)c1ccccc1-2. The van der Waals surface area contributed by atoms with Gasteiger partial charge in [-0.3, -0.25) is 4.79 Å². The predicted octanol–water partition coefficient (Wildman–Crippen LogP) is 4.47. The molecule has 1 aliphatic rings. The van der Waals surface area contributed by atoms with Gasteiger partial charge >= 0.3 is 0 Å². The van der Waals surface area contributed by atoms with E-state index in [1.807, 2.05) is 60.7 Å². The van der Waals surface area contributed by atoms with E-state index in [1.165, 1.54) is 18.7 Å². The van der Waals surface area contributed by atoms with Gasteiger partial charge in [0.25, 0.3) is 17.0 Å². The van der Waals surface area contributed by atoms with Crippen molar-refractivity contribution in [2.24, 2.45) is 0 Å². The van der Waals surface area contributed by atoms with Crippen molar-refractivity contribution in [1.29, 1.82) is 0 Å². The fourth-order valence-corrected chi connectivity index (χ4v) is 5.53. The second-order valence-electron chi connectivity index (χ2n) is 8.38. The lowest BCUT2D eigenvalue weighted by Crippen LogP contribution is -2.58. The molecule has 178 valence electrons. The van der Waals surface area contributed by atoms with Crippen LogP contribution in [-0.2, 0) is 4.79 Å². The summed E-state index contributed by atoms with van der Waals surface area (Å²) in [6.45, 7) is 3.66. The van der Waals surface area contributed by atoms with E-state index in [2.05, 4.69) is 11.9 Å². The number of hydrogen-bond donors (Lipinski definition) is 0. The molecule has 0 fully saturated rings. The number of carbonyl (C=O) groups is 1. The third-order valence-electron chi connectivity index (χ3n) is 6.20. The van der Waals surface area contributed by atoms with E-state index in [-0.39, 0.29) is 11.8 Å². The van der Waals surface area contributed by atoms with Gasteiger partial charge < -0.3 is 9.84 Å². The normalized spacial score (nSPS) is 14.5. The highest BCUT2D eigenvalue weighted by Gasteiger charge is 2.44. The first kappa shape index (κ1) is 23.1. The average Bonchev–Trinajstić information content (AvgIpc) is 2.87. The van der Waals surface area contributed by atoms with Crippen LogP contribution in [0, 0.1) is 0 Å². The molecule has 0 radical (unpaired) electrons. The molecule has 1 amide bonds. The maximum atomic E-state index is 13.4. The summed E-state index contributed by atoms with van der Waals surface area (Å²) >= 11 is 1.46. The summed E-state index contributed by atoms with van der Waals surface area (Å²) < 4.78 is 7.28. The van der Waals surface area contributed by atoms with Gasteiger partial charge in [-0.25, -0.2) is 9.88 Å². The quantitative estimate of drug-likeness (QED) is 0.227. The largest absolute Gasteiger partial charge is 0.854 e. The Balaban J connectivity index is 1.81. The summed E-state index contributed by atoms with van der Waals surface area (Å²) in [5.74, 6) is 1.06. The number of benzene rings is 3. The summed E-state index contributed by atoms with van der Waals surface area (Å²) in [5.41, 5.74) is 2.53. The van der Waals surface area contributed by atoms with Crippen LogP contribution in [0.2, 0.25) is 0 Å². The molecule has 1 aromatic heterocycles. The highest BCUT2D eigenvalue weighted by atomic mass is 32.2. The monoisotopic (exact) mass is 486 g/mol. The van der Waals surface area contributed by atoms with E-state index >= 15 is 0 Å². The highest BCUT2D eigenvalue weighted by molar-refractivity contribution is 7.99. The van der Waals surface area contributed by atoms with E-state index in [0.717, 1.165) is 40.7 Å². The fourth-order valence-electron chi connectivity index (χ4n) is 4.62. The molecule has 1 aliphatic heterocycles. The van der Waals surface area contributed by atoms with Crippen LogP contribution >= 0.6 is 11.8 Å². The van der Waals surface area contributed by atoms with Gasteiger partial charge in [-0.2, -0.15) is 0 Å². The first-order valence-electron chi connectivity index (χ1n) is 11.6. The van der Waals surface area contributed by atoms with Gasteiger partial charge in [-0.15, -0.1) is 0 Å². The van der Waals surface area contributed by atoms with Crippen LogP contribution in [0.3, 0.4) is 0 Å². The van der Waals surface area contributed by atoms with Crippen molar-refractivity contribution in [3.05, 3.63) is 66.2 Å². The van der Waals surface area contributed by atoms with Gasteiger partial charge in [0.15, 0.2) is 0 Å². The molecule has 35 heavy (non-hydrogen) atoms. The number of nitrogens with zero attached hydrogens (tertiary/aromatic N) is 4. The fraction of sp³-hybridized carbons (Fsp3) is 0.259. The third-order valence-corrected chi connectivity index (χ3v) is 7.13. The van der Waals surface area contributed by atoms with Crippen molar-refractivity contribution in [2.45, 2.75) is 38.0 Å². The number of hydrogen-bond acceptors (Lipinski definition) is 6. The van der Waals surface area contributed by atoms with Crippen LogP contribution in [0.5, 0.6) is 11.6 Å². The van der Waals surface area contributed by atoms with Crippen LogP contribution in [0.25, 0.3) is 22.0 Å². The smallest absolute Gasteiger partial charge is 0.293 e. The summed E-state index contributed by atoms with van der Waals surface area (Å²) in [5, 5.41) is 20.5. The Morgan fingerprint density at radius 1 is 1.11 bits per heavy atom. The number of aromatic nitrogens is 3. The van der Waals surface area contributed by atoms with E-state index in [0.29, 0.717) is 22.1 Å². The minimum absolute atomic E-state index is 0.147. The Labute approximate surface area is 208 Å². The summed E-state index contributed by atoms with van der Waals surface area (Å²) in [4.78, 5) is 19.2. The molecule has 0 saturated carbocycles. The molecule has 1 unspecified atom stereocenters. The summed E-state index contributed by atoms with van der Waals surface area (Å²) in [6, 6.07) is 19.2. The number of unbranched alkanes of at least 4 members (excludes halogenated alkanes) is 1. The average molecular weight is 487 g/mol. The van der Waals surface area contributed by atoms with Gasteiger partial charge in [0, 0.05) is 23.2 Å². The summed E-state index contributed by atoms with van der Waals surface area (Å²) in [6.07, 6.45) is 1.38. The van der Waals surface area contributed by atoms with Crippen molar-refractivity contribution in [2.75, 3.05) is 17.8 Å². The third kappa shape index (κ3) is 3.97. The second kappa shape index (κ2) is 9.54. The number of rotatable bonds is 6. The zero-order valence-electron chi connectivity index (χ0n) is 19.9. The van der Waals surface area contributed by atoms with E-state index in [1.54, 1.807) is 16.7 Å². The molecule has 0 saturated heterocycles. The predicted molar refractivity (Wildman–Crippen MR) is 135 cm³/mol. The first-order chi connectivity index (χ1) is 17.0. The molecular formula is C27H26N4O3S. The van der Waals surface area contributed by atoms with Crippen LogP contribution in [0.1, 0.15) is 38.4 Å². The molecule has 4 aromatic rings. The number of carbonyl (C=O) groups excluding carboxylic acids is 1. The Kier molecular flexibility index (Phi) is 6.30. The van der Waals surface area contributed by atoms with Gasteiger partial charge in [0.2, 0.25) is 5.91 Å². The molecule has 5 rings (SSSR count). The molecule has 2 heterocycles. The minimum atomic E-state index is -0.658. The Hall–Kier alpha value is -3.65. The number of fused-ring (bicyclic) bond motifs is 4. The lowest BCUT2D eigenvalue weighted by molar-refractivity contribution is -0.764. The number of ether oxygens (including phenoxy) is 1. The molecule has 0 spiro atoms. The van der Waals surface area contributed by atoms with E-state index < -0.39 is 6.17 Å². The van der Waals surface area contributed by atoms with Gasteiger partial charge in [0.1, 0.15) is 5.75 Å². The van der Waals surface area contributed by atoms with E-state index in [4.69, 9.17) is 9.84 Å². The lowest BCUT2D eigenvalue weighted by atomic mass is 9.97. The minimum Gasteiger partial charge on any atom is -0.854 e. The topological polar surface area (TPSA) is 82.3 Å². The van der Waals surface area contributed by atoms with Crippen molar-refractivity contribution in [3.8, 4) is 22.9 Å². The number of anilines is 1. The number of para-hydroxylation sites is 1. The maximum Gasteiger partial charge on any atom is 0.293 e. The second-order valence-corrected chi connectivity index (χ2v) is 9.44. The van der Waals surface area contributed by atoms with Crippen molar-refractivity contribution in [1.82, 2.24) is 10.1 Å². The highest BCUT2D eigenvalue weighted by Crippen LogP contribution is 2.43. The van der Waals surface area contributed by atoms with E-state index in [9.17, 15) is 9.90 Å². The van der Waals surface area contributed by atoms with Crippen LogP contribution < -0.4 is 19.4 Å². The number of amides is 1. The molecular weight excluding hydrogens is 460 g/mol. The Morgan fingerprint density at radius 2 is 1.86 bits per heavy atom. The lowest BCUT2D eigenvalue weighted by Gasteiger charge is -2.33. The number of thioether (sulfide) groups is 1. The molecule has 0 bridgehead atoms. The van der Waals surface area contributed by atoms with Gasteiger partial charge in [-0.1, -0.05) is 66.2 Å². The zero-order valence-corrected chi connectivity index (χ0v) is 20.7. The zero-order chi connectivity index (χ0) is 24.5. The van der Waals surface area contributed by atoms with Crippen LogP contribution in [0.4, 0.5) is 5.69 Å². The van der Waals surface area contributed by atoms with Crippen molar-refractivity contribution < 1.29 is 19.3 Å². The molecule has 8 heteroatoms. The number of methoxy groups -OCH3 is 1. The maximum absolute atomic E-state index is 13.4. The van der Waals surface area contributed by atoms with Gasteiger partial charge in [0.05, 0.1) is 29.8 Å². The molecule has 0 aliphatic carbocycles. The molecule has 0 N–H and O–H groups in total. The Bertz CT molecular complexity index is 1430. The van der Waals surface area contributed by atoms with Crippen molar-refractivity contribution in [3.63, 3.8) is 0 Å². The van der Waals surface area contributed by atoms with Crippen LogP contribution in [-0.4, -0.2) is 28.9 Å². The standard InChI is InChI=1S/C27H26N4O3S/c1-4-5-16-35-27-28-25(33)24-21-12-8-9-13-22(21)30(17(2)32)26(31(24)29-27)20-14-15-23(34-3)19-11-7-6-10-18(19)20/h6-15,26H,4-5,16H2,1-3H3. The molecule has 3 aromatic carbocycles.